The molecule has 4 nitrogen and oxygen atoms in total. The number of hydrogen-bond acceptors (Lipinski definition) is 3. The van der Waals surface area contributed by atoms with Crippen molar-refractivity contribution in [2.75, 3.05) is 5.32 Å². The molecule has 0 bridgehead atoms. The zero-order valence-corrected chi connectivity index (χ0v) is 17.2. The second kappa shape index (κ2) is 7.57. The molecule has 0 saturated carbocycles. The SMILES string of the molecule is FC(F)Oc1ccc(C2=C[C@H](c3cccc(Br)c3)n3c(nc4ccccc43)N2)cc1. The smallest absolute Gasteiger partial charge is 0.387 e. The zero-order valence-electron chi connectivity index (χ0n) is 15.6. The van der Waals surface area contributed by atoms with Crippen LogP contribution in [0.3, 0.4) is 0 Å². The lowest BCUT2D eigenvalue weighted by atomic mass is 10.0. The fourth-order valence-corrected chi connectivity index (χ4v) is 4.15. The molecule has 5 rings (SSSR count). The first kappa shape index (κ1) is 18.8. The highest BCUT2D eigenvalue weighted by Gasteiger charge is 2.25. The van der Waals surface area contributed by atoms with E-state index >= 15 is 0 Å². The fourth-order valence-electron chi connectivity index (χ4n) is 3.73. The molecule has 1 atom stereocenters. The summed E-state index contributed by atoms with van der Waals surface area (Å²) in [7, 11) is 0. The van der Waals surface area contributed by atoms with E-state index in [2.05, 4.69) is 48.8 Å². The number of anilines is 1. The van der Waals surface area contributed by atoms with Crippen LogP contribution in [0.25, 0.3) is 16.7 Å². The number of nitrogens with zero attached hydrogens (tertiary/aromatic N) is 2. The largest absolute Gasteiger partial charge is 0.435 e. The van der Waals surface area contributed by atoms with Gasteiger partial charge >= 0.3 is 6.61 Å². The number of allylic oxidation sites excluding steroid dienone is 1. The van der Waals surface area contributed by atoms with Crippen molar-refractivity contribution in [3.63, 3.8) is 0 Å². The van der Waals surface area contributed by atoms with Crippen LogP contribution in [0.4, 0.5) is 14.7 Å². The first-order valence-electron chi connectivity index (χ1n) is 9.35. The number of hydrogen-bond donors (Lipinski definition) is 1. The number of nitrogens with one attached hydrogen (secondary N) is 1. The molecule has 0 spiro atoms. The van der Waals surface area contributed by atoms with Crippen molar-refractivity contribution in [2.24, 2.45) is 0 Å². The van der Waals surface area contributed by atoms with Crippen LogP contribution in [0.2, 0.25) is 0 Å². The molecule has 0 unspecified atom stereocenters. The zero-order chi connectivity index (χ0) is 20.7. The molecular formula is C23H16BrF2N3O. The minimum atomic E-state index is -2.84. The number of fused-ring (bicyclic) bond motifs is 3. The van der Waals surface area contributed by atoms with Crippen LogP contribution in [0.5, 0.6) is 5.75 Å². The molecule has 150 valence electrons. The van der Waals surface area contributed by atoms with Gasteiger partial charge in [0, 0.05) is 10.2 Å². The third-order valence-corrected chi connectivity index (χ3v) is 5.52. The average molecular weight is 468 g/mol. The van der Waals surface area contributed by atoms with E-state index in [1.165, 1.54) is 12.1 Å². The molecule has 1 N–H and O–H groups in total. The Balaban J connectivity index is 1.62. The lowest BCUT2D eigenvalue weighted by Gasteiger charge is -2.27. The van der Waals surface area contributed by atoms with Crippen molar-refractivity contribution in [3.8, 4) is 5.75 Å². The summed E-state index contributed by atoms with van der Waals surface area (Å²) in [5.74, 6) is 0.854. The van der Waals surface area contributed by atoms with Gasteiger partial charge < -0.3 is 10.1 Å². The molecule has 1 aromatic heterocycles. The van der Waals surface area contributed by atoms with Gasteiger partial charge in [-0.1, -0.05) is 40.2 Å². The summed E-state index contributed by atoms with van der Waals surface area (Å²) in [4.78, 5) is 4.76. The first-order valence-corrected chi connectivity index (χ1v) is 10.1. The predicted molar refractivity (Wildman–Crippen MR) is 117 cm³/mol. The highest BCUT2D eigenvalue weighted by atomic mass is 79.9. The average Bonchev–Trinajstić information content (AvgIpc) is 3.12. The molecule has 0 amide bonds. The molecule has 1 aliphatic rings. The third kappa shape index (κ3) is 3.45. The van der Waals surface area contributed by atoms with Crippen LogP contribution in [0.1, 0.15) is 17.2 Å². The van der Waals surface area contributed by atoms with Crippen LogP contribution >= 0.6 is 15.9 Å². The van der Waals surface area contributed by atoms with Gasteiger partial charge in [-0.2, -0.15) is 8.78 Å². The Morgan fingerprint density at radius 3 is 2.57 bits per heavy atom. The van der Waals surface area contributed by atoms with E-state index in [4.69, 9.17) is 4.98 Å². The highest BCUT2D eigenvalue weighted by molar-refractivity contribution is 9.10. The number of benzene rings is 3. The topological polar surface area (TPSA) is 39.1 Å². The molecule has 0 fully saturated rings. The maximum absolute atomic E-state index is 12.5. The van der Waals surface area contributed by atoms with Gasteiger partial charge in [-0.3, -0.25) is 4.57 Å². The van der Waals surface area contributed by atoms with Gasteiger partial charge in [0.25, 0.3) is 0 Å². The number of para-hydroxylation sites is 2. The van der Waals surface area contributed by atoms with Crippen molar-refractivity contribution in [2.45, 2.75) is 12.7 Å². The van der Waals surface area contributed by atoms with E-state index in [0.717, 1.165) is 38.3 Å². The second-order valence-electron chi connectivity index (χ2n) is 6.90. The molecule has 7 heteroatoms. The molecule has 4 aromatic rings. The second-order valence-corrected chi connectivity index (χ2v) is 7.82. The standard InChI is InChI=1S/C23H16BrF2N3O/c24-16-5-3-4-15(12-16)21-13-19(14-8-10-17(11-9-14)30-22(25)26)28-23-27-18-6-1-2-7-20(18)29(21)23/h1-13,21-22H,(H,27,28)/t21-/m1/s1. The highest BCUT2D eigenvalue weighted by Crippen LogP contribution is 2.37. The predicted octanol–water partition coefficient (Wildman–Crippen LogP) is 6.46. The number of ether oxygens (including phenoxy) is 1. The lowest BCUT2D eigenvalue weighted by molar-refractivity contribution is -0.0498. The molecule has 2 heterocycles. The van der Waals surface area contributed by atoms with Gasteiger partial charge in [0.15, 0.2) is 0 Å². The molecule has 0 radical (unpaired) electrons. The molecular weight excluding hydrogens is 452 g/mol. The lowest BCUT2D eigenvalue weighted by Crippen LogP contribution is -2.19. The van der Waals surface area contributed by atoms with Gasteiger partial charge in [-0.05, 0) is 65.7 Å². The summed E-state index contributed by atoms with van der Waals surface area (Å²) < 4.78 is 32.5. The minimum Gasteiger partial charge on any atom is -0.435 e. The third-order valence-electron chi connectivity index (χ3n) is 5.03. The van der Waals surface area contributed by atoms with E-state index in [1.54, 1.807) is 12.1 Å². The van der Waals surface area contributed by atoms with E-state index < -0.39 is 6.61 Å². The Bertz CT molecular complexity index is 1250. The van der Waals surface area contributed by atoms with Crippen molar-refractivity contribution in [1.29, 1.82) is 0 Å². The van der Waals surface area contributed by atoms with Gasteiger partial charge in [0.1, 0.15) is 5.75 Å². The van der Waals surface area contributed by atoms with Crippen LogP contribution < -0.4 is 10.1 Å². The first-order chi connectivity index (χ1) is 14.6. The van der Waals surface area contributed by atoms with Crippen LogP contribution in [-0.4, -0.2) is 16.2 Å². The maximum atomic E-state index is 12.5. The van der Waals surface area contributed by atoms with Gasteiger partial charge in [0.2, 0.25) is 5.95 Å². The van der Waals surface area contributed by atoms with Crippen molar-refractivity contribution in [3.05, 3.63) is 94.5 Å². The number of aromatic nitrogens is 2. The van der Waals surface area contributed by atoms with Crippen molar-refractivity contribution < 1.29 is 13.5 Å². The van der Waals surface area contributed by atoms with Crippen LogP contribution in [-0.2, 0) is 0 Å². The summed E-state index contributed by atoms with van der Waals surface area (Å²) in [6.45, 7) is -2.84. The molecule has 0 aliphatic carbocycles. The Hall–Kier alpha value is -3.19. The van der Waals surface area contributed by atoms with Crippen LogP contribution in [0.15, 0.2) is 83.3 Å². The summed E-state index contributed by atoms with van der Waals surface area (Å²) in [6, 6.07) is 22.7. The monoisotopic (exact) mass is 467 g/mol. The van der Waals surface area contributed by atoms with E-state index in [-0.39, 0.29) is 11.8 Å². The fraction of sp³-hybridized carbons (Fsp3) is 0.0870. The van der Waals surface area contributed by atoms with Crippen LogP contribution in [0, 0.1) is 0 Å². The van der Waals surface area contributed by atoms with E-state index in [9.17, 15) is 8.78 Å². The molecule has 0 saturated heterocycles. The van der Waals surface area contributed by atoms with Crippen molar-refractivity contribution in [1.82, 2.24) is 9.55 Å². The molecule has 1 aliphatic heterocycles. The van der Waals surface area contributed by atoms with E-state index in [0.29, 0.717) is 0 Å². The Kier molecular flexibility index (Phi) is 4.75. The molecule has 30 heavy (non-hydrogen) atoms. The summed E-state index contributed by atoms with van der Waals surface area (Å²) in [5, 5.41) is 3.39. The summed E-state index contributed by atoms with van der Waals surface area (Å²) in [5.41, 5.74) is 4.74. The molecule has 3 aromatic carbocycles. The number of halogens is 3. The van der Waals surface area contributed by atoms with Crippen molar-refractivity contribution >= 4 is 38.6 Å². The summed E-state index contributed by atoms with van der Waals surface area (Å²) >= 11 is 3.56. The van der Waals surface area contributed by atoms with Gasteiger partial charge in [-0.25, -0.2) is 4.98 Å². The Labute approximate surface area is 179 Å². The number of alkyl halides is 2. The number of imidazole rings is 1. The Morgan fingerprint density at radius 2 is 1.80 bits per heavy atom. The van der Waals surface area contributed by atoms with Gasteiger partial charge in [-0.15, -0.1) is 0 Å². The summed E-state index contributed by atoms with van der Waals surface area (Å²) in [6.07, 6.45) is 2.12. The normalized spacial score (nSPS) is 15.6. The quantitative estimate of drug-likeness (QED) is 0.374. The van der Waals surface area contributed by atoms with E-state index in [1.807, 2.05) is 36.4 Å². The maximum Gasteiger partial charge on any atom is 0.387 e. The number of rotatable bonds is 4. The Morgan fingerprint density at radius 1 is 1.00 bits per heavy atom. The minimum absolute atomic E-state index is 0.0851. The van der Waals surface area contributed by atoms with Gasteiger partial charge in [0.05, 0.1) is 17.1 Å².